The fourth-order valence-corrected chi connectivity index (χ4v) is 1.54. The van der Waals surface area contributed by atoms with Gasteiger partial charge in [-0.25, -0.2) is 4.68 Å². The molecule has 1 heterocycles. The molecule has 0 aromatic carbocycles. The number of anilines is 1. The molecule has 0 bridgehead atoms. The van der Waals surface area contributed by atoms with Crippen LogP contribution in [0, 0.1) is 23.0 Å². The summed E-state index contributed by atoms with van der Waals surface area (Å²) in [6, 6.07) is 0.162. The number of hydrogen-bond acceptors (Lipinski definition) is 4. The van der Waals surface area contributed by atoms with Gasteiger partial charge in [-0.2, -0.15) is 5.10 Å². The summed E-state index contributed by atoms with van der Waals surface area (Å²) in [6.45, 7) is 10.3. The van der Waals surface area contributed by atoms with Gasteiger partial charge in [-0.1, -0.05) is 13.8 Å². The van der Waals surface area contributed by atoms with Crippen molar-refractivity contribution in [2.75, 3.05) is 5.32 Å². The fraction of sp³-hybridized carbons (Fsp3) is 0.727. The molecule has 0 aliphatic carbocycles. The molecule has 0 fully saturated rings. The molecule has 6 nitrogen and oxygen atoms in total. The Hall–Kier alpha value is -1.59. The Bertz CT molecular complexity index is 412. The van der Waals surface area contributed by atoms with Gasteiger partial charge in [-0.15, -0.1) is 0 Å². The normalized spacial score (nSPS) is 12.8. The third-order valence-corrected chi connectivity index (χ3v) is 2.94. The Morgan fingerprint density at radius 2 is 2.06 bits per heavy atom. The van der Waals surface area contributed by atoms with Crippen molar-refractivity contribution >= 4 is 11.5 Å². The maximum Gasteiger partial charge on any atom is 0.333 e. The van der Waals surface area contributed by atoms with E-state index in [0.29, 0.717) is 24.0 Å². The average Bonchev–Trinajstić information content (AvgIpc) is 2.54. The van der Waals surface area contributed by atoms with Crippen molar-refractivity contribution in [3.8, 4) is 0 Å². The van der Waals surface area contributed by atoms with Crippen LogP contribution < -0.4 is 5.32 Å². The number of aryl methyl sites for hydroxylation is 2. The van der Waals surface area contributed by atoms with Crippen LogP contribution in [-0.4, -0.2) is 20.7 Å². The predicted molar refractivity (Wildman–Crippen MR) is 67.2 cm³/mol. The minimum atomic E-state index is -0.371. The van der Waals surface area contributed by atoms with Crippen molar-refractivity contribution in [3.63, 3.8) is 0 Å². The first-order valence-corrected chi connectivity index (χ1v) is 5.86. The maximum atomic E-state index is 11.0. The van der Waals surface area contributed by atoms with Crippen molar-refractivity contribution in [1.82, 2.24) is 9.78 Å². The second-order valence-corrected chi connectivity index (χ2v) is 4.53. The molecule has 1 atom stereocenters. The van der Waals surface area contributed by atoms with E-state index in [9.17, 15) is 10.1 Å². The third kappa shape index (κ3) is 2.75. The maximum absolute atomic E-state index is 11.0. The lowest BCUT2D eigenvalue weighted by Crippen LogP contribution is -2.23. The van der Waals surface area contributed by atoms with E-state index in [1.807, 2.05) is 13.8 Å². The molecular weight excluding hydrogens is 220 g/mol. The van der Waals surface area contributed by atoms with E-state index in [4.69, 9.17) is 0 Å². The highest BCUT2D eigenvalue weighted by Gasteiger charge is 2.26. The number of nitrogens with one attached hydrogen (secondary N) is 1. The van der Waals surface area contributed by atoms with Crippen molar-refractivity contribution < 1.29 is 4.92 Å². The van der Waals surface area contributed by atoms with E-state index >= 15 is 0 Å². The molecule has 1 N–H and O–H groups in total. The van der Waals surface area contributed by atoms with E-state index in [0.717, 1.165) is 0 Å². The Kier molecular flexibility index (Phi) is 4.09. The number of aromatic nitrogens is 2. The van der Waals surface area contributed by atoms with Crippen molar-refractivity contribution in [2.45, 2.75) is 47.2 Å². The van der Waals surface area contributed by atoms with Crippen LogP contribution in [0.3, 0.4) is 0 Å². The lowest BCUT2D eigenvalue weighted by Gasteiger charge is -2.18. The van der Waals surface area contributed by atoms with Gasteiger partial charge in [-0.05, 0) is 26.7 Å². The second kappa shape index (κ2) is 5.16. The highest BCUT2D eigenvalue weighted by atomic mass is 16.6. The first kappa shape index (κ1) is 13.5. The molecule has 0 saturated heterocycles. The van der Waals surface area contributed by atoms with Gasteiger partial charge in [0, 0.05) is 12.6 Å². The molecule has 1 rings (SSSR count). The van der Waals surface area contributed by atoms with E-state index < -0.39 is 0 Å². The Labute approximate surface area is 101 Å². The molecule has 0 radical (unpaired) electrons. The quantitative estimate of drug-likeness (QED) is 0.634. The summed E-state index contributed by atoms with van der Waals surface area (Å²) in [6.07, 6.45) is 0. The number of nitrogens with zero attached hydrogens (tertiary/aromatic N) is 3. The van der Waals surface area contributed by atoms with Crippen LogP contribution in [-0.2, 0) is 6.54 Å². The lowest BCUT2D eigenvalue weighted by molar-refractivity contribution is -0.384. The Morgan fingerprint density at radius 3 is 2.47 bits per heavy atom. The molecule has 0 aliphatic heterocycles. The van der Waals surface area contributed by atoms with Gasteiger partial charge in [-0.3, -0.25) is 10.1 Å². The van der Waals surface area contributed by atoms with Crippen LogP contribution in [0.15, 0.2) is 0 Å². The average molecular weight is 240 g/mol. The Morgan fingerprint density at radius 1 is 1.47 bits per heavy atom. The number of hydrogen-bond donors (Lipinski definition) is 1. The highest BCUT2D eigenvalue weighted by Crippen LogP contribution is 2.29. The molecule has 0 saturated carbocycles. The monoisotopic (exact) mass is 240 g/mol. The predicted octanol–water partition coefficient (Wildman–Crippen LogP) is 2.58. The molecule has 1 aromatic rings. The standard InChI is InChI=1S/C11H20N4O2/c1-6-14-11(12-8(4)7(2)3)10(15(16)17)9(5)13-14/h7-8,12H,6H2,1-5H3. The van der Waals surface area contributed by atoms with Crippen LogP contribution in [0.5, 0.6) is 0 Å². The largest absolute Gasteiger partial charge is 0.362 e. The minimum Gasteiger partial charge on any atom is -0.362 e. The van der Waals surface area contributed by atoms with Crippen molar-refractivity contribution in [1.29, 1.82) is 0 Å². The molecule has 0 aliphatic rings. The summed E-state index contributed by atoms with van der Waals surface area (Å²) in [4.78, 5) is 10.7. The summed E-state index contributed by atoms with van der Waals surface area (Å²) in [5, 5.41) is 18.4. The van der Waals surface area contributed by atoms with Crippen LogP contribution in [0.2, 0.25) is 0 Å². The fourth-order valence-electron chi connectivity index (χ4n) is 1.54. The molecule has 17 heavy (non-hydrogen) atoms. The zero-order valence-electron chi connectivity index (χ0n) is 11.0. The summed E-state index contributed by atoms with van der Waals surface area (Å²) >= 11 is 0. The van der Waals surface area contributed by atoms with Gasteiger partial charge in [0.1, 0.15) is 5.69 Å². The summed E-state index contributed by atoms with van der Waals surface area (Å²) in [7, 11) is 0. The van der Waals surface area contributed by atoms with Crippen LogP contribution in [0.1, 0.15) is 33.4 Å². The number of rotatable bonds is 5. The summed E-state index contributed by atoms with van der Waals surface area (Å²) in [5.74, 6) is 0.909. The molecule has 1 aromatic heterocycles. The molecule has 6 heteroatoms. The molecule has 0 amide bonds. The van der Waals surface area contributed by atoms with E-state index in [2.05, 4.69) is 24.3 Å². The molecular formula is C11H20N4O2. The van der Waals surface area contributed by atoms with E-state index in [-0.39, 0.29) is 16.7 Å². The van der Waals surface area contributed by atoms with Gasteiger partial charge < -0.3 is 5.32 Å². The van der Waals surface area contributed by atoms with Crippen LogP contribution in [0.4, 0.5) is 11.5 Å². The lowest BCUT2D eigenvalue weighted by atomic mass is 10.1. The highest BCUT2D eigenvalue weighted by molar-refractivity contribution is 5.60. The number of nitro groups is 1. The van der Waals surface area contributed by atoms with Gasteiger partial charge >= 0.3 is 5.69 Å². The van der Waals surface area contributed by atoms with Gasteiger partial charge in [0.15, 0.2) is 0 Å². The van der Waals surface area contributed by atoms with E-state index in [1.54, 1.807) is 11.6 Å². The third-order valence-electron chi connectivity index (χ3n) is 2.94. The van der Waals surface area contributed by atoms with Gasteiger partial charge in [0.25, 0.3) is 0 Å². The first-order chi connectivity index (χ1) is 7.88. The smallest absolute Gasteiger partial charge is 0.333 e. The minimum absolute atomic E-state index is 0.0827. The van der Waals surface area contributed by atoms with E-state index in [1.165, 1.54) is 0 Å². The first-order valence-electron chi connectivity index (χ1n) is 5.86. The zero-order valence-corrected chi connectivity index (χ0v) is 11.0. The van der Waals surface area contributed by atoms with Gasteiger partial charge in [0.05, 0.1) is 4.92 Å². The van der Waals surface area contributed by atoms with Crippen LogP contribution >= 0.6 is 0 Å². The van der Waals surface area contributed by atoms with Crippen molar-refractivity contribution in [2.24, 2.45) is 5.92 Å². The molecule has 1 unspecified atom stereocenters. The SMILES string of the molecule is CCn1nc(C)c([N+](=O)[O-])c1NC(C)C(C)C. The summed E-state index contributed by atoms with van der Waals surface area (Å²) < 4.78 is 1.65. The second-order valence-electron chi connectivity index (χ2n) is 4.53. The molecule has 96 valence electrons. The van der Waals surface area contributed by atoms with Crippen LogP contribution in [0.25, 0.3) is 0 Å². The zero-order chi connectivity index (χ0) is 13.2. The topological polar surface area (TPSA) is 73.0 Å². The molecule has 0 spiro atoms. The van der Waals surface area contributed by atoms with Crippen molar-refractivity contribution in [3.05, 3.63) is 15.8 Å². The summed E-state index contributed by atoms with van der Waals surface area (Å²) in [5.41, 5.74) is 0.537. The Balaban J connectivity index is 3.15. The van der Waals surface area contributed by atoms with Gasteiger partial charge in [0.2, 0.25) is 5.82 Å².